The summed E-state index contributed by atoms with van der Waals surface area (Å²) < 4.78 is 28.4. The summed E-state index contributed by atoms with van der Waals surface area (Å²) in [5.41, 5.74) is 1.35. The fourth-order valence-electron chi connectivity index (χ4n) is 2.63. The number of rotatable bonds is 3. The van der Waals surface area contributed by atoms with Crippen molar-refractivity contribution in [3.05, 3.63) is 88.2 Å². The minimum Gasteiger partial charge on any atom is -0.310 e. The number of hydrogen-bond donors (Lipinski definition) is 1. The van der Waals surface area contributed by atoms with Crippen LogP contribution in [0.1, 0.15) is 11.4 Å². The van der Waals surface area contributed by atoms with Crippen LogP contribution in [-0.4, -0.2) is 19.7 Å². The van der Waals surface area contributed by atoms with Crippen molar-refractivity contribution in [2.24, 2.45) is 0 Å². The number of benzene rings is 2. The highest BCUT2D eigenvalue weighted by Gasteiger charge is 2.11. The third-order valence-corrected chi connectivity index (χ3v) is 3.82. The van der Waals surface area contributed by atoms with Crippen molar-refractivity contribution in [2.45, 2.75) is 6.42 Å². The molecule has 5 nitrogen and oxygen atoms in total. The van der Waals surface area contributed by atoms with Gasteiger partial charge in [0, 0.05) is 18.7 Å². The summed E-state index contributed by atoms with van der Waals surface area (Å²) in [6.07, 6.45) is 3.81. The second-order valence-corrected chi connectivity index (χ2v) is 5.60. The Bertz CT molecular complexity index is 1120. The molecular weight excluding hydrogens is 326 g/mol. The number of nitrogens with one attached hydrogen (secondary N) is 1. The summed E-state index contributed by atoms with van der Waals surface area (Å²) in [7, 11) is 0. The highest BCUT2D eigenvalue weighted by atomic mass is 19.2. The van der Waals surface area contributed by atoms with E-state index >= 15 is 0 Å². The van der Waals surface area contributed by atoms with E-state index in [1.54, 1.807) is 10.9 Å². The second-order valence-electron chi connectivity index (χ2n) is 5.60. The number of nitrogens with zero attached hydrogens (tertiary/aromatic N) is 3. The van der Waals surface area contributed by atoms with Crippen LogP contribution in [0.3, 0.4) is 0 Å². The van der Waals surface area contributed by atoms with Gasteiger partial charge in [0.2, 0.25) is 0 Å². The molecule has 0 unspecified atom stereocenters. The van der Waals surface area contributed by atoms with E-state index in [4.69, 9.17) is 0 Å². The van der Waals surface area contributed by atoms with Gasteiger partial charge in [0.1, 0.15) is 5.82 Å². The Morgan fingerprint density at radius 3 is 2.64 bits per heavy atom. The first-order valence-corrected chi connectivity index (χ1v) is 7.57. The fraction of sp³-hybridized carbons (Fsp3) is 0.0556. The highest BCUT2D eigenvalue weighted by Crippen LogP contribution is 2.15. The molecule has 0 bridgehead atoms. The van der Waals surface area contributed by atoms with Crippen LogP contribution in [0.4, 0.5) is 8.78 Å². The maximum atomic E-state index is 13.4. The number of fused-ring (bicyclic) bond motifs is 1. The molecule has 0 spiro atoms. The molecule has 0 radical (unpaired) electrons. The first kappa shape index (κ1) is 15.2. The number of aromatic nitrogens is 4. The molecule has 7 heteroatoms. The molecule has 0 aliphatic carbocycles. The molecule has 124 valence electrons. The molecule has 0 fully saturated rings. The molecule has 0 amide bonds. The van der Waals surface area contributed by atoms with E-state index in [2.05, 4.69) is 15.1 Å². The minimum atomic E-state index is -1.07. The van der Waals surface area contributed by atoms with Gasteiger partial charge in [0.15, 0.2) is 11.6 Å². The third-order valence-electron chi connectivity index (χ3n) is 3.82. The molecule has 0 aliphatic rings. The molecule has 0 aliphatic heterocycles. The van der Waals surface area contributed by atoms with Crippen LogP contribution in [0, 0.1) is 11.6 Å². The fourth-order valence-corrected chi connectivity index (χ4v) is 2.63. The molecule has 0 saturated carbocycles. The van der Waals surface area contributed by atoms with E-state index in [-0.39, 0.29) is 10.9 Å². The van der Waals surface area contributed by atoms with Gasteiger partial charge in [-0.15, -0.1) is 0 Å². The Hall–Kier alpha value is -3.35. The summed E-state index contributed by atoms with van der Waals surface area (Å²) in [6.45, 7) is 0. The van der Waals surface area contributed by atoms with Crippen LogP contribution in [0.5, 0.6) is 0 Å². The number of para-hydroxylation sites is 1. The molecular formula is C18H12F2N4O. The molecule has 25 heavy (non-hydrogen) atoms. The molecule has 2 aromatic heterocycles. The Morgan fingerprint density at radius 2 is 1.84 bits per heavy atom. The zero-order valence-corrected chi connectivity index (χ0v) is 12.9. The van der Waals surface area contributed by atoms with Crippen molar-refractivity contribution in [3.8, 4) is 5.69 Å². The first-order valence-electron chi connectivity index (χ1n) is 7.57. The second kappa shape index (κ2) is 5.94. The van der Waals surface area contributed by atoms with Crippen LogP contribution in [-0.2, 0) is 6.42 Å². The van der Waals surface area contributed by atoms with Crippen molar-refractivity contribution in [1.29, 1.82) is 0 Å². The third kappa shape index (κ3) is 2.91. The summed E-state index contributed by atoms with van der Waals surface area (Å²) in [4.78, 5) is 18.9. The van der Waals surface area contributed by atoms with E-state index in [0.29, 0.717) is 12.2 Å². The summed E-state index contributed by atoms with van der Waals surface area (Å²) in [6, 6.07) is 11.4. The number of halogens is 2. The van der Waals surface area contributed by atoms with E-state index in [9.17, 15) is 13.6 Å². The predicted molar refractivity (Wildman–Crippen MR) is 88.6 cm³/mol. The Morgan fingerprint density at radius 1 is 1.08 bits per heavy atom. The zero-order valence-electron chi connectivity index (χ0n) is 12.9. The van der Waals surface area contributed by atoms with Crippen molar-refractivity contribution >= 4 is 10.9 Å². The van der Waals surface area contributed by atoms with Crippen LogP contribution < -0.4 is 5.56 Å². The quantitative estimate of drug-likeness (QED) is 0.625. The molecule has 1 N–H and O–H groups in total. The number of H-pyrrole nitrogens is 1. The van der Waals surface area contributed by atoms with E-state index in [0.717, 1.165) is 23.4 Å². The van der Waals surface area contributed by atoms with Gasteiger partial charge in [-0.25, -0.2) is 18.4 Å². The Balaban J connectivity index is 1.68. The Kier molecular flexibility index (Phi) is 3.61. The highest BCUT2D eigenvalue weighted by molar-refractivity contribution is 5.77. The SMILES string of the molecule is O=c1[nH]c(Cc2cnn(-c3ccccc3)c2)nc2cc(F)c(F)cc12. The lowest BCUT2D eigenvalue weighted by atomic mass is 10.2. The molecule has 2 heterocycles. The van der Waals surface area contributed by atoms with Crippen molar-refractivity contribution in [3.63, 3.8) is 0 Å². The lowest BCUT2D eigenvalue weighted by Gasteiger charge is -2.03. The molecule has 4 rings (SSSR count). The average Bonchev–Trinajstić information content (AvgIpc) is 3.06. The van der Waals surface area contributed by atoms with E-state index < -0.39 is 17.2 Å². The summed E-state index contributed by atoms with van der Waals surface area (Å²) in [5, 5.41) is 4.30. The number of aromatic amines is 1. The van der Waals surface area contributed by atoms with Crippen LogP contribution >= 0.6 is 0 Å². The maximum absolute atomic E-state index is 13.4. The standard InChI is InChI=1S/C18H12F2N4O/c19-14-7-13-16(8-15(14)20)22-17(23-18(13)25)6-11-9-21-24(10-11)12-4-2-1-3-5-12/h1-5,7-10H,6H2,(H,22,23,25). The maximum Gasteiger partial charge on any atom is 0.258 e. The van der Waals surface area contributed by atoms with Gasteiger partial charge in [0.05, 0.1) is 22.8 Å². The van der Waals surface area contributed by atoms with Crippen LogP contribution in [0.2, 0.25) is 0 Å². The van der Waals surface area contributed by atoms with Gasteiger partial charge in [0.25, 0.3) is 5.56 Å². The van der Waals surface area contributed by atoms with Gasteiger partial charge in [-0.05, 0) is 23.8 Å². The van der Waals surface area contributed by atoms with Gasteiger partial charge >= 0.3 is 0 Å². The largest absolute Gasteiger partial charge is 0.310 e. The van der Waals surface area contributed by atoms with Crippen molar-refractivity contribution < 1.29 is 8.78 Å². The van der Waals surface area contributed by atoms with E-state index in [1.165, 1.54) is 0 Å². The van der Waals surface area contributed by atoms with Crippen molar-refractivity contribution in [2.75, 3.05) is 0 Å². The topological polar surface area (TPSA) is 63.6 Å². The lowest BCUT2D eigenvalue weighted by molar-refractivity contribution is 0.510. The summed E-state index contributed by atoms with van der Waals surface area (Å²) in [5.74, 6) is -1.75. The van der Waals surface area contributed by atoms with E-state index in [1.807, 2.05) is 36.5 Å². The minimum absolute atomic E-state index is 0.0163. The first-order chi connectivity index (χ1) is 12.1. The Labute approximate surface area is 140 Å². The van der Waals surface area contributed by atoms with Gasteiger partial charge in [-0.3, -0.25) is 4.79 Å². The normalized spacial score (nSPS) is 11.1. The van der Waals surface area contributed by atoms with Crippen LogP contribution in [0.15, 0.2) is 59.7 Å². The molecule has 4 aromatic rings. The van der Waals surface area contributed by atoms with Gasteiger partial charge in [-0.2, -0.15) is 5.10 Å². The lowest BCUT2D eigenvalue weighted by Crippen LogP contribution is -2.12. The smallest absolute Gasteiger partial charge is 0.258 e. The van der Waals surface area contributed by atoms with Gasteiger partial charge < -0.3 is 4.98 Å². The predicted octanol–water partition coefficient (Wildman–Crippen LogP) is 2.98. The van der Waals surface area contributed by atoms with Crippen LogP contribution in [0.25, 0.3) is 16.6 Å². The number of hydrogen-bond acceptors (Lipinski definition) is 3. The summed E-state index contributed by atoms with van der Waals surface area (Å²) >= 11 is 0. The van der Waals surface area contributed by atoms with Gasteiger partial charge in [-0.1, -0.05) is 18.2 Å². The molecule has 0 saturated heterocycles. The average molecular weight is 338 g/mol. The molecule has 0 atom stereocenters. The molecule has 2 aromatic carbocycles. The monoisotopic (exact) mass is 338 g/mol. The van der Waals surface area contributed by atoms with Crippen molar-refractivity contribution in [1.82, 2.24) is 19.7 Å². The zero-order chi connectivity index (χ0) is 17.4.